The van der Waals surface area contributed by atoms with Crippen LogP contribution in [0.15, 0.2) is 24.3 Å². The fraction of sp³-hybridized carbons (Fsp3) is 0.632. The molecule has 4 nitrogen and oxygen atoms in total. The summed E-state index contributed by atoms with van der Waals surface area (Å²) in [4.78, 5) is 14.7. The second kappa shape index (κ2) is 7.93. The highest BCUT2D eigenvalue weighted by atomic mass is 16.5. The average molecular weight is 316 g/mol. The van der Waals surface area contributed by atoms with E-state index < -0.39 is 0 Å². The molecule has 2 fully saturated rings. The Morgan fingerprint density at radius 1 is 1.22 bits per heavy atom. The zero-order valence-electron chi connectivity index (χ0n) is 14.1. The number of piperidine rings is 1. The summed E-state index contributed by atoms with van der Waals surface area (Å²) in [6.45, 7) is 6.65. The average Bonchev–Trinajstić information content (AvgIpc) is 3.09. The minimum Gasteiger partial charge on any atom is -0.376 e. The third kappa shape index (κ3) is 4.79. The summed E-state index contributed by atoms with van der Waals surface area (Å²) in [6.07, 6.45) is 4.36. The topological polar surface area (TPSA) is 41.6 Å². The van der Waals surface area contributed by atoms with Gasteiger partial charge in [-0.05, 0) is 51.3 Å². The van der Waals surface area contributed by atoms with Crippen molar-refractivity contribution in [3.8, 4) is 0 Å². The van der Waals surface area contributed by atoms with Gasteiger partial charge in [0.05, 0.1) is 6.10 Å². The van der Waals surface area contributed by atoms with Gasteiger partial charge in [0.15, 0.2) is 0 Å². The van der Waals surface area contributed by atoms with Crippen molar-refractivity contribution < 1.29 is 9.53 Å². The third-order valence-electron chi connectivity index (χ3n) is 5.01. The number of carbonyl (C=O) groups excluding carboxylic acids is 1. The molecule has 4 heteroatoms. The van der Waals surface area contributed by atoms with Crippen molar-refractivity contribution in [3.63, 3.8) is 0 Å². The Labute approximate surface area is 139 Å². The predicted octanol–water partition coefficient (Wildman–Crippen LogP) is 2.50. The number of nitrogens with zero attached hydrogens (tertiary/aromatic N) is 1. The third-order valence-corrected chi connectivity index (χ3v) is 5.01. The van der Waals surface area contributed by atoms with Gasteiger partial charge in [0, 0.05) is 25.6 Å². The van der Waals surface area contributed by atoms with Gasteiger partial charge < -0.3 is 10.1 Å². The van der Waals surface area contributed by atoms with Crippen LogP contribution in [0, 0.1) is 12.8 Å². The molecule has 1 amide bonds. The lowest BCUT2D eigenvalue weighted by molar-refractivity contribution is -0.127. The number of hydrogen-bond donors (Lipinski definition) is 1. The summed E-state index contributed by atoms with van der Waals surface area (Å²) in [5, 5.41) is 3.08. The Morgan fingerprint density at radius 3 is 2.61 bits per heavy atom. The zero-order chi connectivity index (χ0) is 16.1. The van der Waals surface area contributed by atoms with Crippen molar-refractivity contribution in [2.45, 2.75) is 45.3 Å². The molecule has 1 aromatic carbocycles. The van der Waals surface area contributed by atoms with Crippen LogP contribution < -0.4 is 5.32 Å². The van der Waals surface area contributed by atoms with Crippen LogP contribution >= 0.6 is 0 Å². The second-order valence-corrected chi connectivity index (χ2v) is 6.92. The Hall–Kier alpha value is -1.39. The van der Waals surface area contributed by atoms with Gasteiger partial charge >= 0.3 is 0 Å². The maximum atomic E-state index is 12.3. The minimum absolute atomic E-state index is 0.172. The molecule has 2 saturated heterocycles. The van der Waals surface area contributed by atoms with Crippen molar-refractivity contribution in [2.75, 3.05) is 26.2 Å². The number of likely N-dealkylation sites (tertiary alicyclic amines) is 1. The number of nitrogens with one attached hydrogen (secondary N) is 1. The van der Waals surface area contributed by atoms with E-state index in [0.29, 0.717) is 6.54 Å². The van der Waals surface area contributed by atoms with Crippen molar-refractivity contribution in [1.29, 1.82) is 0 Å². The van der Waals surface area contributed by atoms with Gasteiger partial charge in [0.25, 0.3) is 0 Å². The number of aryl methyl sites for hydroxylation is 1. The fourth-order valence-corrected chi connectivity index (χ4v) is 3.47. The highest BCUT2D eigenvalue weighted by Crippen LogP contribution is 2.20. The first-order valence-electron chi connectivity index (χ1n) is 8.88. The van der Waals surface area contributed by atoms with Gasteiger partial charge in [0.1, 0.15) is 0 Å². The largest absolute Gasteiger partial charge is 0.376 e. The van der Waals surface area contributed by atoms with E-state index in [2.05, 4.69) is 41.4 Å². The molecule has 1 aromatic rings. The maximum Gasteiger partial charge on any atom is 0.223 e. The van der Waals surface area contributed by atoms with Crippen LogP contribution in [0.4, 0.5) is 0 Å². The number of hydrogen-bond acceptors (Lipinski definition) is 3. The molecule has 126 valence electrons. The number of benzene rings is 1. The van der Waals surface area contributed by atoms with E-state index in [-0.39, 0.29) is 17.9 Å². The van der Waals surface area contributed by atoms with Crippen LogP contribution in [0.25, 0.3) is 0 Å². The number of amides is 1. The smallest absolute Gasteiger partial charge is 0.223 e. The Kier molecular flexibility index (Phi) is 5.68. The molecular weight excluding hydrogens is 288 g/mol. The summed E-state index contributed by atoms with van der Waals surface area (Å²) in [5.74, 6) is 0.390. The zero-order valence-corrected chi connectivity index (χ0v) is 14.1. The van der Waals surface area contributed by atoms with Crippen LogP contribution in [0.5, 0.6) is 0 Å². The molecule has 1 atom stereocenters. The highest BCUT2D eigenvalue weighted by molar-refractivity contribution is 5.78. The van der Waals surface area contributed by atoms with E-state index in [4.69, 9.17) is 4.74 Å². The lowest BCUT2D eigenvalue weighted by Gasteiger charge is -2.31. The van der Waals surface area contributed by atoms with Crippen LogP contribution in [-0.2, 0) is 16.1 Å². The first-order chi connectivity index (χ1) is 11.2. The van der Waals surface area contributed by atoms with Crippen molar-refractivity contribution in [1.82, 2.24) is 10.2 Å². The predicted molar refractivity (Wildman–Crippen MR) is 91.2 cm³/mol. The lowest BCUT2D eigenvalue weighted by Crippen LogP contribution is -2.42. The lowest BCUT2D eigenvalue weighted by atomic mass is 9.95. The van der Waals surface area contributed by atoms with Gasteiger partial charge in [-0.25, -0.2) is 0 Å². The molecule has 0 unspecified atom stereocenters. The molecule has 0 bridgehead atoms. The van der Waals surface area contributed by atoms with Gasteiger partial charge in [-0.1, -0.05) is 29.8 Å². The van der Waals surface area contributed by atoms with Gasteiger partial charge in [-0.15, -0.1) is 0 Å². The Morgan fingerprint density at radius 2 is 1.96 bits per heavy atom. The molecule has 2 aliphatic heterocycles. The number of rotatable bonds is 5. The number of ether oxygens (including phenoxy) is 1. The van der Waals surface area contributed by atoms with Crippen molar-refractivity contribution >= 4 is 5.91 Å². The van der Waals surface area contributed by atoms with E-state index in [9.17, 15) is 4.79 Å². The van der Waals surface area contributed by atoms with Crippen LogP contribution in [0.1, 0.15) is 36.8 Å². The maximum absolute atomic E-state index is 12.3. The monoisotopic (exact) mass is 316 g/mol. The molecule has 23 heavy (non-hydrogen) atoms. The molecule has 2 heterocycles. The van der Waals surface area contributed by atoms with Crippen molar-refractivity contribution in [2.24, 2.45) is 5.92 Å². The van der Waals surface area contributed by atoms with Gasteiger partial charge in [0.2, 0.25) is 5.91 Å². The summed E-state index contributed by atoms with van der Waals surface area (Å²) in [7, 11) is 0. The first-order valence-corrected chi connectivity index (χ1v) is 8.88. The van der Waals surface area contributed by atoms with Crippen LogP contribution in [0.2, 0.25) is 0 Å². The minimum atomic E-state index is 0.172. The van der Waals surface area contributed by atoms with E-state index >= 15 is 0 Å². The van der Waals surface area contributed by atoms with Crippen LogP contribution in [0.3, 0.4) is 0 Å². The molecule has 1 N–H and O–H groups in total. The molecule has 0 aromatic heterocycles. The molecule has 2 aliphatic rings. The molecule has 0 radical (unpaired) electrons. The number of carbonyl (C=O) groups is 1. The molecule has 3 rings (SSSR count). The fourth-order valence-electron chi connectivity index (χ4n) is 3.47. The summed E-state index contributed by atoms with van der Waals surface area (Å²) < 4.78 is 5.56. The Balaban J connectivity index is 1.39. The highest BCUT2D eigenvalue weighted by Gasteiger charge is 2.26. The van der Waals surface area contributed by atoms with E-state index in [1.165, 1.54) is 11.1 Å². The van der Waals surface area contributed by atoms with Crippen LogP contribution in [-0.4, -0.2) is 43.2 Å². The van der Waals surface area contributed by atoms with Gasteiger partial charge in [-0.3, -0.25) is 9.69 Å². The second-order valence-electron chi connectivity index (χ2n) is 6.92. The molecule has 0 saturated carbocycles. The molecular formula is C19H28N2O2. The van der Waals surface area contributed by atoms with Gasteiger partial charge in [-0.2, -0.15) is 0 Å². The molecule has 0 aliphatic carbocycles. The normalized spacial score (nSPS) is 23.1. The van der Waals surface area contributed by atoms with E-state index in [0.717, 1.165) is 51.9 Å². The first kappa shape index (κ1) is 16.5. The summed E-state index contributed by atoms with van der Waals surface area (Å²) in [5.41, 5.74) is 2.66. The summed E-state index contributed by atoms with van der Waals surface area (Å²) >= 11 is 0. The summed E-state index contributed by atoms with van der Waals surface area (Å²) in [6, 6.07) is 8.74. The SMILES string of the molecule is Cc1ccc(CN2CCC(C(=O)NC[C@@H]3CCCO3)CC2)cc1. The van der Waals surface area contributed by atoms with E-state index in [1.807, 2.05) is 0 Å². The quantitative estimate of drug-likeness (QED) is 0.907. The van der Waals surface area contributed by atoms with Crippen molar-refractivity contribution in [3.05, 3.63) is 35.4 Å². The molecule has 0 spiro atoms. The standard InChI is InChI=1S/C19H28N2O2/c1-15-4-6-16(7-5-15)14-21-10-8-17(9-11-21)19(22)20-13-18-3-2-12-23-18/h4-7,17-18H,2-3,8-14H2,1H3,(H,20,22)/t18-/m0/s1. The Bertz CT molecular complexity index is 501. The van der Waals surface area contributed by atoms with E-state index in [1.54, 1.807) is 0 Å².